The third-order valence-electron chi connectivity index (χ3n) is 4.79. The van der Waals surface area contributed by atoms with Gasteiger partial charge in [-0.15, -0.1) is 0 Å². The number of hydrogen-bond donors (Lipinski definition) is 1. The number of sulfonamides is 1. The second kappa shape index (κ2) is 9.26. The molecule has 31 heavy (non-hydrogen) atoms. The maximum absolute atomic E-state index is 14.0. The first-order chi connectivity index (χ1) is 14.7. The fourth-order valence-corrected chi connectivity index (χ4v) is 4.74. The van der Waals surface area contributed by atoms with Crippen LogP contribution >= 0.6 is 0 Å². The average Bonchev–Trinajstić information content (AvgIpc) is 2.74. The molecule has 0 aromatic heterocycles. The molecule has 0 saturated heterocycles. The number of nitrogens with one attached hydrogen (secondary N) is 1. The molecule has 1 unspecified atom stereocenters. The Labute approximate surface area is 180 Å². The van der Waals surface area contributed by atoms with Crippen molar-refractivity contribution in [2.75, 3.05) is 10.8 Å². The molecule has 0 radical (unpaired) electrons. The molecule has 8 heteroatoms. The molecule has 0 aliphatic heterocycles. The number of para-hydroxylation sites is 1. The van der Waals surface area contributed by atoms with Gasteiger partial charge in [0.25, 0.3) is 15.9 Å². The highest BCUT2D eigenvalue weighted by molar-refractivity contribution is 7.92. The Hall–Kier alpha value is -3.26. The highest BCUT2D eigenvalue weighted by Crippen LogP contribution is 2.24. The van der Waals surface area contributed by atoms with Crippen molar-refractivity contribution in [1.29, 1.82) is 0 Å². The van der Waals surface area contributed by atoms with Gasteiger partial charge in [0, 0.05) is 23.7 Å². The Bertz CT molecular complexity index is 1180. The lowest BCUT2D eigenvalue weighted by Crippen LogP contribution is -2.31. The quantitative estimate of drug-likeness (QED) is 0.576. The van der Waals surface area contributed by atoms with Crippen LogP contribution in [-0.2, 0) is 10.0 Å². The van der Waals surface area contributed by atoms with Gasteiger partial charge < -0.3 is 5.32 Å². The number of amides is 1. The van der Waals surface area contributed by atoms with E-state index in [1.165, 1.54) is 34.6 Å². The van der Waals surface area contributed by atoms with Gasteiger partial charge in [-0.1, -0.05) is 30.3 Å². The van der Waals surface area contributed by atoms with E-state index in [4.69, 9.17) is 0 Å². The van der Waals surface area contributed by atoms with Gasteiger partial charge in [0.15, 0.2) is 0 Å². The molecule has 5 nitrogen and oxygen atoms in total. The predicted octanol–water partition coefficient (Wildman–Crippen LogP) is 4.67. The van der Waals surface area contributed by atoms with Crippen LogP contribution in [0.3, 0.4) is 0 Å². The molecule has 1 atom stereocenters. The molecule has 3 rings (SSSR count). The first-order valence-electron chi connectivity index (χ1n) is 9.67. The summed E-state index contributed by atoms with van der Waals surface area (Å²) in [6.45, 7) is 3.49. The predicted molar refractivity (Wildman–Crippen MR) is 115 cm³/mol. The summed E-state index contributed by atoms with van der Waals surface area (Å²) >= 11 is 0. The topological polar surface area (TPSA) is 66.5 Å². The zero-order chi connectivity index (χ0) is 22.6. The second-order valence-corrected chi connectivity index (χ2v) is 8.76. The van der Waals surface area contributed by atoms with Crippen molar-refractivity contribution in [1.82, 2.24) is 5.32 Å². The Morgan fingerprint density at radius 1 is 1.00 bits per heavy atom. The Kier molecular flexibility index (Phi) is 6.70. The van der Waals surface area contributed by atoms with Gasteiger partial charge in [-0.2, -0.15) is 0 Å². The van der Waals surface area contributed by atoms with E-state index in [1.807, 2.05) is 0 Å². The first kappa shape index (κ1) is 22.4. The lowest BCUT2D eigenvalue weighted by Gasteiger charge is -2.23. The van der Waals surface area contributed by atoms with E-state index in [-0.39, 0.29) is 22.6 Å². The Balaban J connectivity index is 1.86. The monoisotopic (exact) mass is 444 g/mol. The van der Waals surface area contributed by atoms with Gasteiger partial charge in [-0.25, -0.2) is 17.2 Å². The number of carbonyl (C=O) groups excluding carboxylic acids is 1. The van der Waals surface area contributed by atoms with Crippen molar-refractivity contribution < 1.29 is 22.0 Å². The molecule has 0 bridgehead atoms. The van der Waals surface area contributed by atoms with Crippen LogP contribution in [0.5, 0.6) is 0 Å². The van der Waals surface area contributed by atoms with Gasteiger partial charge in [-0.3, -0.25) is 9.10 Å². The fourth-order valence-electron chi connectivity index (χ4n) is 3.22. The molecule has 162 valence electrons. The van der Waals surface area contributed by atoms with E-state index in [1.54, 1.807) is 44.2 Å². The average molecular weight is 445 g/mol. The number of carbonyl (C=O) groups is 1. The molecule has 0 aliphatic rings. The van der Waals surface area contributed by atoms with Crippen molar-refractivity contribution in [2.45, 2.75) is 24.8 Å². The van der Waals surface area contributed by atoms with E-state index in [2.05, 4.69) is 5.32 Å². The van der Waals surface area contributed by atoms with Gasteiger partial charge >= 0.3 is 0 Å². The lowest BCUT2D eigenvalue weighted by molar-refractivity contribution is 0.0939. The second-order valence-electron chi connectivity index (χ2n) is 6.89. The number of hydrogen-bond acceptors (Lipinski definition) is 3. The van der Waals surface area contributed by atoms with Crippen LogP contribution in [0.15, 0.2) is 77.7 Å². The third kappa shape index (κ3) is 4.91. The number of rotatable bonds is 7. The lowest BCUT2D eigenvalue weighted by atomic mass is 10.1. The molecule has 0 heterocycles. The highest BCUT2D eigenvalue weighted by Gasteiger charge is 2.25. The minimum atomic E-state index is -3.90. The summed E-state index contributed by atoms with van der Waals surface area (Å²) in [6, 6.07) is 16.7. The Morgan fingerprint density at radius 2 is 1.71 bits per heavy atom. The molecule has 0 saturated carbocycles. The van der Waals surface area contributed by atoms with Crippen molar-refractivity contribution in [3.63, 3.8) is 0 Å². The summed E-state index contributed by atoms with van der Waals surface area (Å²) in [5.41, 5.74) is 0.750. The summed E-state index contributed by atoms with van der Waals surface area (Å²) in [5, 5.41) is 2.62. The van der Waals surface area contributed by atoms with Crippen molar-refractivity contribution in [2.24, 2.45) is 0 Å². The first-order valence-corrected chi connectivity index (χ1v) is 11.1. The molecular formula is C23H22F2N2O3S. The molecule has 1 amide bonds. The van der Waals surface area contributed by atoms with Crippen molar-refractivity contribution in [3.8, 4) is 0 Å². The van der Waals surface area contributed by atoms with E-state index < -0.39 is 33.6 Å². The molecule has 3 aromatic rings. The largest absolute Gasteiger partial charge is 0.345 e. The zero-order valence-electron chi connectivity index (χ0n) is 17.0. The molecule has 3 aromatic carbocycles. The maximum atomic E-state index is 14.0. The van der Waals surface area contributed by atoms with Crippen molar-refractivity contribution in [3.05, 3.63) is 95.6 Å². The van der Waals surface area contributed by atoms with Crippen LogP contribution in [0.25, 0.3) is 0 Å². The van der Waals surface area contributed by atoms with Crippen LogP contribution in [-0.4, -0.2) is 20.9 Å². The van der Waals surface area contributed by atoms with Crippen LogP contribution in [0.4, 0.5) is 14.5 Å². The summed E-state index contributed by atoms with van der Waals surface area (Å²) in [5.74, 6) is -2.06. The van der Waals surface area contributed by atoms with Crippen LogP contribution < -0.4 is 9.62 Å². The minimum Gasteiger partial charge on any atom is -0.345 e. The highest BCUT2D eigenvalue weighted by atomic mass is 32.2. The maximum Gasteiger partial charge on any atom is 0.264 e. The van der Waals surface area contributed by atoms with Crippen LogP contribution in [0.1, 0.15) is 35.8 Å². The van der Waals surface area contributed by atoms with E-state index >= 15 is 0 Å². The third-order valence-corrected chi connectivity index (χ3v) is 6.69. The van der Waals surface area contributed by atoms with E-state index in [0.29, 0.717) is 5.69 Å². The summed E-state index contributed by atoms with van der Waals surface area (Å²) in [7, 11) is -3.90. The molecule has 0 fully saturated rings. The molecule has 1 N–H and O–H groups in total. The van der Waals surface area contributed by atoms with E-state index in [0.717, 1.165) is 12.1 Å². The number of halogens is 2. The van der Waals surface area contributed by atoms with Gasteiger partial charge in [0.05, 0.1) is 16.6 Å². The van der Waals surface area contributed by atoms with Crippen molar-refractivity contribution >= 4 is 21.6 Å². The SMILES string of the molecule is CCN(c1ccccc1)S(=O)(=O)c1cccc(C(=O)NC(C)c2ccc(F)cc2F)c1. The number of nitrogens with zero attached hydrogens (tertiary/aromatic N) is 1. The van der Waals surface area contributed by atoms with Crippen LogP contribution in [0.2, 0.25) is 0 Å². The molecular weight excluding hydrogens is 422 g/mol. The normalized spacial score (nSPS) is 12.3. The fraction of sp³-hybridized carbons (Fsp3) is 0.174. The summed E-state index contributed by atoms with van der Waals surface area (Å²) in [4.78, 5) is 12.6. The standard InChI is InChI=1S/C23H22F2N2O3S/c1-3-27(19-9-5-4-6-10-19)31(29,30)20-11-7-8-17(14-20)23(28)26-16(2)21-13-12-18(24)15-22(21)25/h4-16H,3H2,1-2H3,(H,26,28). The van der Waals surface area contributed by atoms with Gasteiger partial charge in [0.1, 0.15) is 11.6 Å². The van der Waals surface area contributed by atoms with Gasteiger partial charge in [-0.05, 0) is 50.2 Å². The summed E-state index contributed by atoms with van der Waals surface area (Å²) in [6.07, 6.45) is 0. The number of anilines is 1. The van der Waals surface area contributed by atoms with Crippen LogP contribution in [0, 0.1) is 11.6 Å². The Morgan fingerprint density at radius 3 is 2.35 bits per heavy atom. The van der Waals surface area contributed by atoms with Gasteiger partial charge in [0.2, 0.25) is 0 Å². The van der Waals surface area contributed by atoms with E-state index in [9.17, 15) is 22.0 Å². The number of benzene rings is 3. The molecule has 0 aliphatic carbocycles. The minimum absolute atomic E-state index is 0.0357. The smallest absolute Gasteiger partial charge is 0.264 e. The summed E-state index contributed by atoms with van der Waals surface area (Å²) < 4.78 is 54.7. The molecule has 0 spiro atoms. The zero-order valence-corrected chi connectivity index (χ0v) is 17.9.